The number of aromatic nitrogens is 2. The number of methoxy groups -OCH3 is 3. The average molecular weight is 476 g/mol. The number of fused-ring (bicyclic) bond motifs is 3. The number of para-hydroxylation sites is 3. The van der Waals surface area contributed by atoms with Crippen molar-refractivity contribution in [2.24, 2.45) is 0 Å². The van der Waals surface area contributed by atoms with Crippen molar-refractivity contribution in [3.8, 4) is 34.2 Å². The summed E-state index contributed by atoms with van der Waals surface area (Å²) in [4.78, 5) is 13.4. The van der Waals surface area contributed by atoms with Crippen LogP contribution in [0.5, 0.6) is 17.2 Å². The maximum Gasteiger partial charge on any atom is 0.276 e. The standard InChI is InChI=1S/C26H22ClN3O4/c1-32-21-11-7-5-9-19(21)28-26(31)24-17-12-15-13-22(33-2)23(34-3)14-16(15)25(17)30(29-24)20-10-6-4-8-18(20)27/h4-11,13-14H,12H2,1-3H3,(H,28,31). The molecule has 0 radical (unpaired) electrons. The Morgan fingerprint density at radius 1 is 0.941 bits per heavy atom. The van der Waals surface area contributed by atoms with Gasteiger partial charge in [-0.25, -0.2) is 4.68 Å². The van der Waals surface area contributed by atoms with Gasteiger partial charge in [0.15, 0.2) is 17.2 Å². The van der Waals surface area contributed by atoms with Crippen molar-refractivity contribution in [3.05, 3.63) is 82.5 Å². The summed E-state index contributed by atoms with van der Waals surface area (Å²) in [5, 5.41) is 8.18. The van der Waals surface area contributed by atoms with Crippen molar-refractivity contribution in [2.45, 2.75) is 6.42 Å². The Bertz CT molecular complexity index is 1410. The van der Waals surface area contributed by atoms with Crippen LogP contribution in [-0.4, -0.2) is 37.0 Å². The summed E-state index contributed by atoms with van der Waals surface area (Å²) in [5.41, 5.74) is 5.09. The van der Waals surface area contributed by atoms with E-state index < -0.39 is 0 Å². The van der Waals surface area contributed by atoms with E-state index in [2.05, 4.69) is 5.32 Å². The Balaban J connectivity index is 1.67. The number of nitrogens with zero attached hydrogens (tertiary/aromatic N) is 2. The van der Waals surface area contributed by atoms with E-state index in [1.165, 1.54) is 0 Å². The minimum absolute atomic E-state index is 0.315. The van der Waals surface area contributed by atoms with Crippen molar-refractivity contribution in [1.82, 2.24) is 9.78 Å². The van der Waals surface area contributed by atoms with E-state index in [-0.39, 0.29) is 5.91 Å². The Kier molecular flexibility index (Phi) is 5.63. The smallest absolute Gasteiger partial charge is 0.276 e. The summed E-state index contributed by atoms with van der Waals surface area (Å²) >= 11 is 6.53. The molecular formula is C26H22ClN3O4. The van der Waals surface area contributed by atoms with Crippen molar-refractivity contribution in [3.63, 3.8) is 0 Å². The maximum absolute atomic E-state index is 13.4. The molecular weight excluding hydrogens is 454 g/mol. The first-order chi connectivity index (χ1) is 16.5. The number of carbonyl (C=O) groups excluding carboxylic acids is 1. The van der Waals surface area contributed by atoms with Gasteiger partial charge in [-0.2, -0.15) is 5.10 Å². The number of hydrogen-bond donors (Lipinski definition) is 1. The molecule has 1 aromatic heterocycles. The molecule has 5 rings (SSSR count). The molecule has 1 heterocycles. The molecule has 0 aliphatic heterocycles. The fraction of sp³-hybridized carbons (Fsp3) is 0.154. The second-order valence-electron chi connectivity index (χ2n) is 7.73. The molecule has 0 fully saturated rings. The van der Waals surface area contributed by atoms with Gasteiger partial charge in [0.2, 0.25) is 0 Å². The number of anilines is 1. The number of carbonyl (C=O) groups is 1. The Labute approximate surface area is 201 Å². The lowest BCUT2D eigenvalue weighted by molar-refractivity contribution is 0.102. The zero-order chi connectivity index (χ0) is 23.8. The van der Waals surface area contributed by atoms with E-state index in [1.807, 2.05) is 42.5 Å². The lowest BCUT2D eigenvalue weighted by Gasteiger charge is -2.13. The third-order valence-corrected chi connectivity index (χ3v) is 6.19. The number of amides is 1. The first-order valence-corrected chi connectivity index (χ1v) is 11.0. The van der Waals surface area contributed by atoms with E-state index in [9.17, 15) is 4.79 Å². The first kappa shape index (κ1) is 21.9. The highest BCUT2D eigenvalue weighted by atomic mass is 35.5. The van der Waals surface area contributed by atoms with Crippen LogP contribution in [0.25, 0.3) is 16.9 Å². The van der Waals surface area contributed by atoms with E-state index >= 15 is 0 Å². The van der Waals surface area contributed by atoms with Gasteiger partial charge >= 0.3 is 0 Å². The fourth-order valence-electron chi connectivity index (χ4n) is 4.28. The van der Waals surface area contributed by atoms with Crippen LogP contribution in [0.1, 0.15) is 21.6 Å². The summed E-state index contributed by atoms with van der Waals surface area (Å²) in [7, 11) is 4.76. The molecule has 172 valence electrons. The van der Waals surface area contributed by atoms with Crippen molar-refractivity contribution in [2.75, 3.05) is 26.6 Å². The van der Waals surface area contributed by atoms with Gasteiger partial charge in [0, 0.05) is 17.5 Å². The predicted octanol–water partition coefficient (Wildman–Crippen LogP) is 5.38. The van der Waals surface area contributed by atoms with Gasteiger partial charge in [0.05, 0.1) is 43.4 Å². The van der Waals surface area contributed by atoms with Crippen LogP contribution in [0, 0.1) is 0 Å². The van der Waals surface area contributed by atoms with Crippen LogP contribution < -0.4 is 19.5 Å². The number of rotatable bonds is 6. The summed E-state index contributed by atoms with van der Waals surface area (Å²) in [6, 6.07) is 18.5. The Morgan fingerprint density at radius 3 is 2.35 bits per heavy atom. The molecule has 0 unspecified atom stereocenters. The number of ether oxygens (including phenoxy) is 3. The second-order valence-corrected chi connectivity index (χ2v) is 8.14. The van der Waals surface area contributed by atoms with E-state index in [0.29, 0.717) is 45.8 Å². The quantitative estimate of drug-likeness (QED) is 0.357. The number of hydrogen-bond acceptors (Lipinski definition) is 5. The van der Waals surface area contributed by atoms with Crippen LogP contribution in [0.15, 0.2) is 60.7 Å². The topological polar surface area (TPSA) is 74.6 Å². The minimum Gasteiger partial charge on any atom is -0.495 e. The first-order valence-electron chi connectivity index (χ1n) is 10.6. The highest BCUT2D eigenvalue weighted by Crippen LogP contribution is 2.45. The molecule has 0 spiro atoms. The van der Waals surface area contributed by atoms with Gasteiger partial charge in [-0.1, -0.05) is 35.9 Å². The van der Waals surface area contributed by atoms with Crippen LogP contribution in [-0.2, 0) is 6.42 Å². The summed E-state index contributed by atoms with van der Waals surface area (Å²) in [5.74, 6) is 1.46. The number of halogens is 1. The lowest BCUT2D eigenvalue weighted by atomic mass is 10.1. The number of nitrogens with one attached hydrogen (secondary N) is 1. The zero-order valence-electron chi connectivity index (χ0n) is 18.9. The molecule has 0 atom stereocenters. The van der Waals surface area contributed by atoms with E-state index in [4.69, 9.17) is 30.9 Å². The van der Waals surface area contributed by atoms with Crippen LogP contribution >= 0.6 is 11.6 Å². The minimum atomic E-state index is -0.335. The van der Waals surface area contributed by atoms with Crippen LogP contribution in [0.2, 0.25) is 5.02 Å². The summed E-state index contributed by atoms with van der Waals surface area (Å²) in [6.07, 6.45) is 0.518. The molecule has 0 saturated carbocycles. The predicted molar refractivity (Wildman–Crippen MR) is 131 cm³/mol. The largest absolute Gasteiger partial charge is 0.495 e. The van der Waals surface area contributed by atoms with E-state index in [0.717, 1.165) is 22.4 Å². The lowest BCUT2D eigenvalue weighted by Crippen LogP contribution is -2.15. The average Bonchev–Trinajstić information content (AvgIpc) is 3.40. The Hall–Kier alpha value is -3.97. The molecule has 34 heavy (non-hydrogen) atoms. The molecule has 0 bridgehead atoms. The molecule has 1 amide bonds. The van der Waals surface area contributed by atoms with Gasteiger partial charge in [-0.3, -0.25) is 4.79 Å². The third-order valence-electron chi connectivity index (χ3n) is 5.87. The monoisotopic (exact) mass is 475 g/mol. The number of benzene rings is 3. The molecule has 7 nitrogen and oxygen atoms in total. The van der Waals surface area contributed by atoms with Crippen LogP contribution in [0.3, 0.4) is 0 Å². The molecule has 3 aromatic carbocycles. The normalized spacial score (nSPS) is 11.5. The molecule has 1 aliphatic carbocycles. The molecule has 1 N–H and O–H groups in total. The highest BCUT2D eigenvalue weighted by Gasteiger charge is 2.33. The second kappa shape index (κ2) is 8.76. The van der Waals surface area contributed by atoms with Gasteiger partial charge in [-0.05, 0) is 42.0 Å². The van der Waals surface area contributed by atoms with Crippen molar-refractivity contribution < 1.29 is 19.0 Å². The van der Waals surface area contributed by atoms with Gasteiger partial charge in [0.1, 0.15) is 5.75 Å². The SMILES string of the molecule is COc1ccccc1NC(=O)c1nn(-c2ccccc2Cl)c2c1Cc1cc(OC)c(OC)cc1-2. The summed E-state index contributed by atoms with van der Waals surface area (Å²) in [6.45, 7) is 0. The Morgan fingerprint density at radius 2 is 1.62 bits per heavy atom. The summed E-state index contributed by atoms with van der Waals surface area (Å²) < 4.78 is 18.1. The van der Waals surface area contributed by atoms with Gasteiger partial charge < -0.3 is 19.5 Å². The van der Waals surface area contributed by atoms with Crippen molar-refractivity contribution in [1.29, 1.82) is 0 Å². The van der Waals surface area contributed by atoms with Crippen molar-refractivity contribution >= 4 is 23.2 Å². The molecule has 4 aromatic rings. The molecule has 8 heteroatoms. The highest BCUT2D eigenvalue weighted by molar-refractivity contribution is 6.32. The zero-order valence-corrected chi connectivity index (χ0v) is 19.6. The maximum atomic E-state index is 13.4. The van der Waals surface area contributed by atoms with Crippen LogP contribution in [0.4, 0.5) is 5.69 Å². The third kappa shape index (κ3) is 3.54. The molecule has 1 aliphatic rings. The van der Waals surface area contributed by atoms with Gasteiger partial charge in [-0.15, -0.1) is 0 Å². The fourth-order valence-corrected chi connectivity index (χ4v) is 4.50. The van der Waals surface area contributed by atoms with Gasteiger partial charge in [0.25, 0.3) is 5.91 Å². The van der Waals surface area contributed by atoms with E-state index in [1.54, 1.807) is 44.2 Å². The molecule has 0 saturated heterocycles.